The van der Waals surface area contributed by atoms with Crippen LogP contribution < -0.4 is 0 Å². The molecule has 1 heterocycles. The molecule has 0 aliphatic rings. The van der Waals surface area contributed by atoms with Crippen LogP contribution in [0.1, 0.15) is 36.0 Å². The number of para-hydroxylation sites is 1. The van der Waals surface area contributed by atoms with Crippen LogP contribution in [-0.4, -0.2) is 16.1 Å². The molecule has 3 rings (SSSR count). The number of hydrogen-bond acceptors (Lipinski definition) is 1. The van der Waals surface area contributed by atoms with E-state index in [1.54, 1.807) is 12.1 Å². The van der Waals surface area contributed by atoms with E-state index < -0.39 is 5.97 Å². The van der Waals surface area contributed by atoms with E-state index in [0.29, 0.717) is 5.02 Å². The summed E-state index contributed by atoms with van der Waals surface area (Å²) in [5.41, 5.74) is 4.30. The Morgan fingerprint density at radius 3 is 2.61 bits per heavy atom. The fourth-order valence-corrected chi connectivity index (χ4v) is 3.22. The van der Waals surface area contributed by atoms with Crippen LogP contribution in [0.2, 0.25) is 5.02 Å². The highest BCUT2D eigenvalue weighted by Gasteiger charge is 2.21. The molecule has 1 atom stereocenters. The maximum atomic E-state index is 11.4. The molecule has 0 saturated heterocycles. The van der Waals surface area contributed by atoms with Gasteiger partial charge in [-0.1, -0.05) is 48.9 Å². The first kappa shape index (κ1) is 15.6. The van der Waals surface area contributed by atoms with Crippen molar-refractivity contribution in [2.75, 3.05) is 0 Å². The van der Waals surface area contributed by atoms with E-state index in [0.717, 1.165) is 28.5 Å². The summed E-state index contributed by atoms with van der Waals surface area (Å²) in [5, 5.41) is 11.1. The van der Waals surface area contributed by atoms with Gasteiger partial charge >= 0.3 is 5.97 Å². The number of halogens is 1. The van der Waals surface area contributed by atoms with Gasteiger partial charge in [0.2, 0.25) is 0 Å². The molecule has 0 bridgehead atoms. The molecule has 0 fully saturated rings. The zero-order valence-corrected chi connectivity index (χ0v) is 13.6. The van der Waals surface area contributed by atoms with E-state index >= 15 is 0 Å². The molecule has 0 saturated carbocycles. The topological polar surface area (TPSA) is 53.1 Å². The van der Waals surface area contributed by atoms with Gasteiger partial charge in [-0.2, -0.15) is 0 Å². The number of aryl methyl sites for hydroxylation is 1. The lowest BCUT2D eigenvalue weighted by atomic mass is 9.88. The van der Waals surface area contributed by atoms with Crippen molar-refractivity contribution in [3.63, 3.8) is 0 Å². The number of fused-ring (bicyclic) bond motifs is 1. The van der Waals surface area contributed by atoms with Gasteiger partial charge in [0.05, 0.1) is 6.42 Å². The molecule has 0 aliphatic heterocycles. The lowest BCUT2D eigenvalue weighted by molar-refractivity contribution is -0.137. The molecule has 0 aliphatic carbocycles. The predicted octanol–water partition coefficient (Wildman–Crippen LogP) is 4.99. The van der Waals surface area contributed by atoms with Crippen molar-refractivity contribution in [1.29, 1.82) is 0 Å². The van der Waals surface area contributed by atoms with Gasteiger partial charge < -0.3 is 10.1 Å². The number of aromatic nitrogens is 1. The average Bonchev–Trinajstić information content (AvgIpc) is 2.97. The zero-order valence-electron chi connectivity index (χ0n) is 12.8. The predicted molar refractivity (Wildman–Crippen MR) is 93.2 cm³/mol. The van der Waals surface area contributed by atoms with Crippen LogP contribution in [0.3, 0.4) is 0 Å². The van der Waals surface area contributed by atoms with Crippen LogP contribution in [0.25, 0.3) is 10.9 Å². The summed E-state index contributed by atoms with van der Waals surface area (Å²) in [7, 11) is 0. The Labute approximate surface area is 139 Å². The minimum Gasteiger partial charge on any atom is -0.481 e. The van der Waals surface area contributed by atoms with Crippen LogP contribution in [0.4, 0.5) is 0 Å². The zero-order chi connectivity index (χ0) is 16.4. The quantitative estimate of drug-likeness (QED) is 0.693. The van der Waals surface area contributed by atoms with Crippen molar-refractivity contribution >= 4 is 28.5 Å². The van der Waals surface area contributed by atoms with E-state index in [9.17, 15) is 9.90 Å². The minimum atomic E-state index is -0.814. The van der Waals surface area contributed by atoms with E-state index in [1.165, 1.54) is 5.56 Å². The fraction of sp³-hybridized carbons (Fsp3) is 0.211. The Morgan fingerprint density at radius 1 is 1.22 bits per heavy atom. The first-order valence-electron chi connectivity index (χ1n) is 7.66. The van der Waals surface area contributed by atoms with Crippen molar-refractivity contribution in [3.8, 4) is 0 Å². The number of carbonyl (C=O) groups is 1. The molecule has 0 radical (unpaired) electrons. The molecule has 1 unspecified atom stereocenters. The van der Waals surface area contributed by atoms with Crippen molar-refractivity contribution in [2.45, 2.75) is 25.7 Å². The summed E-state index contributed by atoms with van der Waals surface area (Å²) >= 11 is 5.96. The Kier molecular flexibility index (Phi) is 4.39. The van der Waals surface area contributed by atoms with E-state index in [4.69, 9.17) is 11.6 Å². The highest BCUT2D eigenvalue weighted by molar-refractivity contribution is 6.30. The number of hydrogen-bond donors (Lipinski definition) is 2. The van der Waals surface area contributed by atoms with Gasteiger partial charge in [0.15, 0.2) is 0 Å². The molecule has 2 aromatic carbocycles. The molecule has 118 valence electrons. The normalized spacial score (nSPS) is 12.4. The second-order valence-electron chi connectivity index (χ2n) is 5.64. The van der Waals surface area contributed by atoms with Crippen LogP contribution in [0.5, 0.6) is 0 Å². The lowest BCUT2D eigenvalue weighted by Gasteiger charge is -2.15. The van der Waals surface area contributed by atoms with Gasteiger partial charge in [0.25, 0.3) is 0 Å². The Bertz CT molecular complexity index is 836. The molecule has 2 N–H and O–H groups in total. The van der Waals surface area contributed by atoms with Gasteiger partial charge in [-0.15, -0.1) is 0 Å². The highest BCUT2D eigenvalue weighted by atomic mass is 35.5. The van der Waals surface area contributed by atoms with Gasteiger partial charge in [0, 0.05) is 28.0 Å². The van der Waals surface area contributed by atoms with E-state index in [-0.39, 0.29) is 12.3 Å². The molecule has 3 aromatic rings. The third-order valence-electron chi connectivity index (χ3n) is 4.24. The number of aromatic amines is 1. The first-order chi connectivity index (χ1) is 11.1. The molecular formula is C19H18ClNO2. The molecule has 4 heteroatoms. The lowest BCUT2D eigenvalue weighted by Crippen LogP contribution is -2.07. The maximum Gasteiger partial charge on any atom is 0.304 e. The maximum absolute atomic E-state index is 11.4. The highest BCUT2D eigenvalue weighted by Crippen LogP contribution is 2.35. The van der Waals surface area contributed by atoms with Gasteiger partial charge in [-0.05, 0) is 35.2 Å². The standard InChI is InChI=1S/C19H18ClNO2/c1-2-12-4-3-5-15-17(11-21-19(12)15)16(10-18(22)23)13-6-8-14(20)9-7-13/h3-9,11,16,21H,2,10H2,1H3,(H,22,23). The van der Waals surface area contributed by atoms with Crippen molar-refractivity contribution in [2.24, 2.45) is 0 Å². The Hall–Kier alpha value is -2.26. The largest absolute Gasteiger partial charge is 0.481 e. The summed E-state index contributed by atoms with van der Waals surface area (Å²) < 4.78 is 0. The number of aliphatic carboxylic acids is 1. The summed E-state index contributed by atoms with van der Waals surface area (Å²) in [6, 6.07) is 13.6. The Morgan fingerprint density at radius 2 is 1.96 bits per heavy atom. The molecule has 23 heavy (non-hydrogen) atoms. The SMILES string of the molecule is CCc1cccc2c(C(CC(=O)O)c3ccc(Cl)cc3)c[nH]c12. The molecule has 0 spiro atoms. The summed E-state index contributed by atoms with van der Waals surface area (Å²) in [4.78, 5) is 14.7. The van der Waals surface area contributed by atoms with Crippen LogP contribution in [0, 0.1) is 0 Å². The van der Waals surface area contributed by atoms with Gasteiger partial charge in [0.1, 0.15) is 0 Å². The van der Waals surface area contributed by atoms with Crippen LogP contribution >= 0.6 is 11.6 Å². The smallest absolute Gasteiger partial charge is 0.304 e. The number of rotatable bonds is 5. The number of carboxylic acids is 1. The molecule has 3 nitrogen and oxygen atoms in total. The van der Waals surface area contributed by atoms with Crippen LogP contribution in [0.15, 0.2) is 48.7 Å². The minimum absolute atomic E-state index is 0.0466. The summed E-state index contributed by atoms with van der Waals surface area (Å²) in [6.07, 6.45) is 2.92. The van der Waals surface area contributed by atoms with Crippen molar-refractivity contribution in [3.05, 3.63) is 70.4 Å². The molecular weight excluding hydrogens is 310 g/mol. The first-order valence-corrected chi connectivity index (χ1v) is 8.04. The van der Waals surface area contributed by atoms with E-state index in [1.807, 2.05) is 30.5 Å². The number of benzene rings is 2. The second-order valence-corrected chi connectivity index (χ2v) is 6.08. The van der Waals surface area contributed by atoms with Gasteiger partial charge in [-0.3, -0.25) is 4.79 Å². The van der Waals surface area contributed by atoms with Crippen LogP contribution in [-0.2, 0) is 11.2 Å². The number of H-pyrrole nitrogens is 1. The van der Waals surface area contributed by atoms with Crippen molar-refractivity contribution in [1.82, 2.24) is 4.98 Å². The fourth-order valence-electron chi connectivity index (χ4n) is 3.10. The molecule has 1 aromatic heterocycles. The second kappa shape index (κ2) is 6.47. The average molecular weight is 328 g/mol. The van der Waals surface area contributed by atoms with Crippen molar-refractivity contribution < 1.29 is 9.90 Å². The van der Waals surface area contributed by atoms with E-state index in [2.05, 4.69) is 18.0 Å². The van der Waals surface area contributed by atoms with Gasteiger partial charge in [-0.25, -0.2) is 0 Å². The third kappa shape index (κ3) is 3.10. The monoisotopic (exact) mass is 327 g/mol. The number of nitrogens with one attached hydrogen (secondary N) is 1. The third-order valence-corrected chi connectivity index (χ3v) is 4.49. The molecule has 0 amide bonds. The Balaban J connectivity index is 2.13. The number of carboxylic acid groups (broad SMARTS) is 1. The summed E-state index contributed by atoms with van der Waals surface area (Å²) in [6.45, 7) is 2.11. The summed E-state index contributed by atoms with van der Waals surface area (Å²) in [5.74, 6) is -1.02.